The second-order valence-electron chi connectivity index (χ2n) is 4.60. The van der Waals surface area contributed by atoms with Gasteiger partial charge in [-0.25, -0.2) is 4.39 Å². The summed E-state index contributed by atoms with van der Waals surface area (Å²) in [6.45, 7) is 4.15. The van der Waals surface area contributed by atoms with Crippen molar-refractivity contribution in [2.45, 2.75) is 20.3 Å². The van der Waals surface area contributed by atoms with E-state index in [4.69, 9.17) is 21.9 Å². The molecule has 2 rings (SSSR count). The Morgan fingerprint density at radius 1 is 1.44 bits per heavy atom. The molecule has 0 aliphatic carbocycles. The van der Waals surface area contributed by atoms with Gasteiger partial charge in [0.2, 0.25) is 5.88 Å². The molecule has 0 fully saturated rings. The Bertz CT molecular complexity index is 566. The van der Waals surface area contributed by atoms with Gasteiger partial charge in [-0.15, -0.1) is 0 Å². The number of rotatable bonds is 3. The molecule has 2 aromatic rings. The van der Waals surface area contributed by atoms with Crippen LogP contribution in [0.15, 0.2) is 22.7 Å². The summed E-state index contributed by atoms with van der Waals surface area (Å²) in [5.74, 6) is 0.266. The zero-order valence-corrected chi connectivity index (χ0v) is 11.0. The number of nitrogen functional groups attached to an aromatic ring is 1. The largest absolute Gasteiger partial charge is 0.367 e. The molecular formula is C13H14ClFN2O. The number of nitrogens with two attached hydrogens (primary N) is 1. The molecule has 0 radical (unpaired) electrons. The first-order valence-electron chi connectivity index (χ1n) is 5.68. The molecule has 0 aliphatic rings. The van der Waals surface area contributed by atoms with Crippen molar-refractivity contribution in [1.82, 2.24) is 5.16 Å². The van der Waals surface area contributed by atoms with Gasteiger partial charge in [0.05, 0.1) is 5.02 Å². The van der Waals surface area contributed by atoms with Crippen molar-refractivity contribution in [2.75, 3.05) is 5.73 Å². The normalized spacial score (nSPS) is 11.2. The van der Waals surface area contributed by atoms with Crippen molar-refractivity contribution in [3.63, 3.8) is 0 Å². The molecule has 0 aliphatic heterocycles. The van der Waals surface area contributed by atoms with Gasteiger partial charge in [-0.3, -0.25) is 0 Å². The Hall–Kier alpha value is -1.55. The SMILES string of the molecule is CC(C)Cc1c(-c2ccc(F)c(Cl)c2)noc1N. The topological polar surface area (TPSA) is 52.0 Å². The van der Waals surface area contributed by atoms with E-state index >= 15 is 0 Å². The zero-order chi connectivity index (χ0) is 13.3. The Morgan fingerprint density at radius 3 is 2.78 bits per heavy atom. The van der Waals surface area contributed by atoms with Crippen molar-refractivity contribution in [3.05, 3.63) is 34.6 Å². The fraction of sp³-hybridized carbons (Fsp3) is 0.308. The van der Waals surface area contributed by atoms with E-state index in [0.717, 1.165) is 12.0 Å². The summed E-state index contributed by atoms with van der Waals surface area (Å²) in [7, 11) is 0. The molecule has 1 heterocycles. The van der Waals surface area contributed by atoms with E-state index in [1.807, 2.05) is 0 Å². The van der Waals surface area contributed by atoms with Crippen molar-refractivity contribution in [3.8, 4) is 11.3 Å². The van der Waals surface area contributed by atoms with Gasteiger partial charge in [0.15, 0.2) is 0 Å². The van der Waals surface area contributed by atoms with Crippen LogP contribution >= 0.6 is 11.6 Å². The molecule has 1 aromatic carbocycles. The first kappa shape index (κ1) is 12.9. The van der Waals surface area contributed by atoms with Crippen molar-refractivity contribution < 1.29 is 8.91 Å². The minimum Gasteiger partial charge on any atom is -0.367 e. The Labute approximate surface area is 110 Å². The van der Waals surface area contributed by atoms with Crippen LogP contribution in [0.4, 0.5) is 10.3 Å². The molecule has 1 aromatic heterocycles. The molecular weight excluding hydrogens is 255 g/mol. The summed E-state index contributed by atoms with van der Waals surface area (Å²) in [6, 6.07) is 4.45. The highest BCUT2D eigenvalue weighted by atomic mass is 35.5. The molecule has 0 atom stereocenters. The molecule has 3 nitrogen and oxygen atoms in total. The summed E-state index contributed by atoms with van der Waals surface area (Å²) in [4.78, 5) is 0. The van der Waals surface area contributed by atoms with Crippen LogP contribution in [-0.4, -0.2) is 5.16 Å². The number of halogens is 2. The molecule has 0 saturated heterocycles. The van der Waals surface area contributed by atoms with Crippen LogP contribution in [-0.2, 0) is 6.42 Å². The second-order valence-corrected chi connectivity index (χ2v) is 5.01. The van der Waals surface area contributed by atoms with Crippen molar-refractivity contribution in [1.29, 1.82) is 0 Å². The summed E-state index contributed by atoms with van der Waals surface area (Å²) >= 11 is 5.76. The minimum atomic E-state index is -0.456. The van der Waals surface area contributed by atoms with Gasteiger partial charge in [0, 0.05) is 11.1 Å². The minimum absolute atomic E-state index is 0.0598. The summed E-state index contributed by atoms with van der Waals surface area (Å²) in [5, 5.41) is 3.99. The highest BCUT2D eigenvalue weighted by Crippen LogP contribution is 2.31. The van der Waals surface area contributed by atoms with Crippen LogP contribution in [0.5, 0.6) is 0 Å². The first-order valence-corrected chi connectivity index (χ1v) is 6.06. The number of hydrogen-bond donors (Lipinski definition) is 1. The molecule has 0 unspecified atom stereocenters. The van der Waals surface area contributed by atoms with Crippen molar-refractivity contribution in [2.24, 2.45) is 5.92 Å². The average Bonchev–Trinajstić information content (AvgIpc) is 2.64. The van der Waals surface area contributed by atoms with Crippen LogP contribution in [0.1, 0.15) is 19.4 Å². The smallest absolute Gasteiger partial charge is 0.225 e. The van der Waals surface area contributed by atoms with Crippen molar-refractivity contribution >= 4 is 17.5 Å². The number of anilines is 1. The molecule has 0 saturated carbocycles. The van der Waals surface area contributed by atoms with E-state index in [9.17, 15) is 4.39 Å². The Kier molecular flexibility index (Phi) is 3.57. The maximum atomic E-state index is 13.1. The van der Waals surface area contributed by atoms with Crippen LogP contribution in [0.3, 0.4) is 0 Å². The lowest BCUT2D eigenvalue weighted by atomic mass is 9.99. The molecule has 0 spiro atoms. The molecule has 5 heteroatoms. The predicted molar refractivity (Wildman–Crippen MR) is 69.9 cm³/mol. The monoisotopic (exact) mass is 268 g/mol. The van der Waals surface area contributed by atoms with E-state index in [1.54, 1.807) is 6.07 Å². The molecule has 2 N–H and O–H groups in total. The van der Waals surface area contributed by atoms with Gasteiger partial charge < -0.3 is 10.3 Å². The summed E-state index contributed by atoms with van der Waals surface area (Å²) in [5.41, 5.74) is 7.93. The van der Waals surface area contributed by atoms with Crippen LogP contribution in [0, 0.1) is 11.7 Å². The first-order chi connectivity index (χ1) is 8.49. The quantitative estimate of drug-likeness (QED) is 0.918. The summed E-state index contributed by atoms with van der Waals surface area (Å²) < 4.78 is 18.1. The third-order valence-corrected chi connectivity index (χ3v) is 2.91. The summed E-state index contributed by atoms with van der Waals surface area (Å²) in [6.07, 6.45) is 0.750. The maximum absolute atomic E-state index is 13.1. The van der Waals surface area contributed by atoms with Crippen LogP contribution < -0.4 is 5.73 Å². The third-order valence-electron chi connectivity index (χ3n) is 2.62. The number of nitrogens with zero attached hydrogens (tertiary/aromatic N) is 1. The molecule has 96 valence electrons. The highest BCUT2D eigenvalue weighted by Gasteiger charge is 2.17. The lowest BCUT2D eigenvalue weighted by Gasteiger charge is -2.05. The fourth-order valence-electron chi connectivity index (χ4n) is 1.80. The number of benzene rings is 1. The van der Waals surface area contributed by atoms with Gasteiger partial charge in [-0.05, 0) is 30.5 Å². The zero-order valence-electron chi connectivity index (χ0n) is 10.2. The lowest BCUT2D eigenvalue weighted by molar-refractivity contribution is 0.438. The molecule has 0 amide bonds. The van der Waals surface area contributed by atoms with Gasteiger partial charge >= 0.3 is 0 Å². The highest BCUT2D eigenvalue weighted by molar-refractivity contribution is 6.31. The Balaban J connectivity index is 2.47. The van der Waals surface area contributed by atoms with E-state index in [1.165, 1.54) is 12.1 Å². The third kappa shape index (κ3) is 2.48. The fourth-order valence-corrected chi connectivity index (χ4v) is 1.98. The number of aromatic nitrogens is 1. The van der Waals surface area contributed by atoms with Gasteiger partial charge in [0.25, 0.3) is 0 Å². The van der Waals surface area contributed by atoms with E-state index < -0.39 is 5.82 Å². The van der Waals surface area contributed by atoms with E-state index in [0.29, 0.717) is 23.1 Å². The molecule has 0 bridgehead atoms. The van der Waals surface area contributed by atoms with E-state index in [2.05, 4.69) is 19.0 Å². The average molecular weight is 269 g/mol. The van der Waals surface area contributed by atoms with Gasteiger partial charge in [-0.1, -0.05) is 30.6 Å². The standard InChI is InChI=1S/C13H14ClFN2O/c1-7(2)5-9-12(17-18-13(9)16)8-3-4-11(15)10(14)6-8/h3-4,6-7H,5,16H2,1-2H3. The molecule has 18 heavy (non-hydrogen) atoms. The lowest BCUT2D eigenvalue weighted by Crippen LogP contribution is -1.98. The van der Waals surface area contributed by atoms with Gasteiger partial charge in [-0.2, -0.15) is 0 Å². The second kappa shape index (κ2) is 4.98. The van der Waals surface area contributed by atoms with Gasteiger partial charge in [0.1, 0.15) is 11.5 Å². The maximum Gasteiger partial charge on any atom is 0.225 e. The van der Waals surface area contributed by atoms with Crippen LogP contribution in [0.2, 0.25) is 5.02 Å². The Morgan fingerprint density at radius 2 is 2.17 bits per heavy atom. The predicted octanol–water partition coefficient (Wildman–Crippen LogP) is 3.91. The number of hydrogen-bond acceptors (Lipinski definition) is 3. The van der Waals surface area contributed by atoms with E-state index in [-0.39, 0.29) is 5.02 Å². The van der Waals surface area contributed by atoms with Crippen LogP contribution in [0.25, 0.3) is 11.3 Å².